The highest BCUT2D eigenvalue weighted by atomic mass is 16.4. The number of carbonyl (C=O) groups is 6. The largest absolute Gasteiger partial charge is 0.508 e. The number of benzene rings is 2. The van der Waals surface area contributed by atoms with Gasteiger partial charge in [-0.1, -0.05) is 23.7 Å². The quantitative estimate of drug-likeness (QED) is 0.110. The zero-order valence-corrected chi connectivity index (χ0v) is 36.1. The number of nitrogens with zero attached hydrogens (tertiary/aromatic N) is 2. The summed E-state index contributed by atoms with van der Waals surface area (Å²) in [6, 6.07) is 3.18. The predicted molar refractivity (Wildman–Crippen MR) is 231 cm³/mol. The highest BCUT2D eigenvalue weighted by Gasteiger charge is 2.66. The molecule has 0 aromatic heterocycles. The van der Waals surface area contributed by atoms with Gasteiger partial charge in [0.1, 0.15) is 45.7 Å². The first-order valence-electron chi connectivity index (χ1n) is 21.0. The van der Waals surface area contributed by atoms with E-state index in [-0.39, 0.29) is 72.3 Å². The van der Waals surface area contributed by atoms with Gasteiger partial charge in [-0.25, -0.2) is 0 Å². The van der Waals surface area contributed by atoms with Crippen LogP contribution < -0.4 is 11.5 Å². The molecule has 0 unspecified atom stereocenters. The monoisotopic (exact) mass is 902 g/mol. The molecule has 18 nitrogen and oxygen atoms in total. The minimum absolute atomic E-state index is 0.0483. The first-order chi connectivity index (χ1) is 31.0. The second kappa shape index (κ2) is 15.7. The summed E-state index contributed by atoms with van der Waals surface area (Å²) >= 11 is 0. The van der Waals surface area contributed by atoms with Crippen molar-refractivity contribution in [2.75, 3.05) is 28.2 Å². The van der Waals surface area contributed by atoms with Crippen molar-refractivity contribution in [3.8, 4) is 35.2 Å². The van der Waals surface area contributed by atoms with Gasteiger partial charge in [0.2, 0.25) is 11.6 Å². The first kappa shape index (κ1) is 45.4. The molecule has 0 saturated heterocycles. The van der Waals surface area contributed by atoms with Crippen molar-refractivity contribution >= 4 is 46.5 Å². The number of nitrogens with two attached hydrogens (primary N) is 2. The summed E-state index contributed by atoms with van der Waals surface area (Å²) in [6.45, 7) is 0. The number of aliphatic hydroxyl groups is 6. The fourth-order valence-corrected chi connectivity index (χ4v) is 11.2. The average molecular weight is 903 g/mol. The number of aliphatic hydroxyl groups excluding tert-OH is 4. The fraction of sp³-hybridized carbons (Fsp3) is 0.375. The van der Waals surface area contributed by atoms with Crippen LogP contribution in [0.1, 0.15) is 59.1 Å². The Kier molecular flexibility index (Phi) is 10.8. The third kappa shape index (κ3) is 6.28. The van der Waals surface area contributed by atoms with E-state index in [0.29, 0.717) is 22.3 Å². The average Bonchev–Trinajstić information content (AvgIpc) is 3.22. The standard InChI is InChI=1S/C48H46N4O14/c1-51(2)35-25-17-21-15-23-19(11-13-27(53)31(23)37(55)29(21)41(59)47(25,65)43(61)33(39(35)57)45(49)63)9-7-5-6-8-10-20-12-14-28(54)32-24(20)16-22-18-26-36(52(3)4)40(58)34(46(50)64)44(62)48(26,66)42(60)30(22)38(32)56/h11-14,21-22,25-26,35-36,53-56,61-62,65-66H,5-6,15-18H2,1-4H3,(H2,49,63)(H2,50,64)/t21-,22-,25-,26-,35-,36-,47-,48-/m1/s1. The van der Waals surface area contributed by atoms with E-state index < -0.39 is 116 Å². The number of phenolic OH excluding ortho intramolecular Hbond substituents is 2. The Morgan fingerprint density at radius 1 is 0.621 bits per heavy atom. The number of phenols is 2. The molecule has 2 saturated carbocycles. The molecule has 2 aromatic rings. The number of Topliss-reactive ketones (excluding diaryl/α,β-unsaturated/α-hetero) is 4. The number of carbonyl (C=O) groups excluding carboxylic acids is 6. The van der Waals surface area contributed by atoms with Crippen LogP contribution in [0, 0.1) is 47.4 Å². The van der Waals surface area contributed by atoms with E-state index in [0.717, 1.165) is 0 Å². The normalized spacial score (nSPS) is 29.0. The molecule has 18 heteroatoms. The first-order valence-corrected chi connectivity index (χ1v) is 21.0. The van der Waals surface area contributed by atoms with Crippen LogP contribution in [0.5, 0.6) is 11.5 Å². The lowest BCUT2D eigenvalue weighted by Crippen LogP contribution is -2.65. The molecule has 2 fully saturated rings. The molecule has 66 heavy (non-hydrogen) atoms. The van der Waals surface area contributed by atoms with Crippen molar-refractivity contribution in [3.63, 3.8) is 0 Å². The van der Waals surface area contributed by atoms with Gasteiger partial charge in [-0.3, -0.25) is 38.6 Å². The molecule has 8 rings (SSSR count). The number of unbranched alkanes of at least 4 members (excludes halogenated alkanes) is 1. The van der Waals surface area contributed by atoms with Crippen LogP contribution in [0.2, 0.25) is 0 Å². The van der Waals surface area contributed by atoms with Crippen LogP contribution in [0.4, 0.5) is 0 Å². The molecule has 8 atom stereocenters. The number of rotatable bonds is 5. The zero-order chi connectivity index (χ0) is 48.2. The number of aromatic hydroxyl groups is 2. The summed E-state index contributed by atoms with van der Waals surface area (Å²) in [5.41, 5.74) is 4.28. The summed E-state index contributed by atoms with van der Waals surface area (Å²) in [7, 11) is 6.05. The molecule has 0 aliphatic heterocycles. The number of hydrogen-bond donors (Lipinski definition) is 10. The molecule has 6 aliphatic rings. The molecular formula is C48H46N4O14. The Labute approximate surface area is 376 Å². The molecule has 12 N–H and O–H groups in total. The van der Waals surface area contributed by atoms with Crippen LogP contribution in [0.25, 0.3) is 11.5 Å². The van der Waals surface area contributed by atoms with Gasteiger partial charge in [-0.05, 0) is 101 Å². The van der Waals surface area contributed by atoms with Gasteiger partial charge in [0.15, 0.2) is 22.8 Å². The smallest absolute Gasteiger partial charge is 0.255 e. The highest BCUT2D eigenvalue weighted by Crippen LogP contribution is 2.55. The van der Waals surface area contributed by atoms with Crippen molar-refractivity contribution in [1.29, 1.82) is 0 Å². The summed E-state index contributed by atoms with van der Waals surface area (Å²) in [5.74, 6) is -2.99. The Hall–Kier alpha value is -7.22. The molecule has 0 bridgehead atoms. The number of amides is 2. The predicted octanol–water partition coefficient (Wildman–Crippen LogP) is 0.425. The molecule has 2 amide bonds. The molecule has 0 heterocycles. The van der Waals surface area contributed by atoms with Gasteiger partial charge in [0.05, 0.1) is 23.2 Å². The minimum Gasteiger partial charge on any atom is -0.508 e. The van der Waals surface area contributed by atoms with Crippen LogP contribution in [-0.4, -0.2) is 137 Å². The van der Waals surface area contributed by atoms with E-state index in [1.54, 1.807) is 12.1 Å². The van der Waals surface area contributed by atoms with Crippen molar-refractivity contribution < 1.29 is 69.6 Å². The van der Waals surface area contributed by atoms with Crippen LogP contribution in [0.3, 0.4) is 0 Å². The minimum atomic E-state index is -2.77. The van der Waals surface area contributed by atoms with Gasteiger partial charge in [-0.15, -0.1) is 0 Å². The number of ketones is 4. The molecule has 342 valence electrons. The van der Waals surface area contributed by atoms with E-state index in [1.165, 1.54) is 50.1 Å². The van der Waals surface area contributed by atoms with Crippen molar-refractivity contribution in [2.24, 2.45) is 35.1 Å². The maximum atomic E-state index is 14.1. The Balaban J connectivity index is 1.07. The van der Waals surface area contributed by atoms with Crippen LogP contribution >= 0.6 is 0 Å². The Morgan fingerprint density at radius 3 is 1.29 bits per heavy atom. The summed E-state index contributed by atoms with van der Waals surface area (Å²) in [6.07, 6.45) is 0.345. The van der Waals surface area contributed by atoms with E-state index in [9.17, 15) is 69.6 Å². The fourth-order valence-electron chi connectivity index (χ4n) is 11.2. The summed E-state index contributed by atoms with van der Waals surface area (Å²) in [5, 5.41) is 90.8. The Morgan fingerprint density at radius 2 is 0.970 bits per heavy atom. The summed E-state index contributed by atoms with van der Waals surface area (Å²) < 4.78 is 0. The van der Waals surface area contributed by atoms with Crippen LogP contribution in [0.15, 0.2) is 58.1 Å². The SMILES string of the molecule is CN(C)[C@H]1C(=O)C(C(N)=O)=C(O)[C@]2(O)C(=O)C3=C(O)c4c(O)ccc(C#CCCC#Cc5ccc(O)c6c5C[C@@H]5C[C@@H]7[C@@H](N(C)C)C(=O)C(C(N)=O)=C(O)[C@]7(O)C(=O)C5=C6O)c4C[C@@H]3C[C@H]12. The van der Waals surface area contributed by atoms with Gasteiger partial charge >= 0.3 is 0 Å². The van der Waals surface area contributed by atoms with Gasteiger partial charge < -0.3 is 52.3 Å². The second-order valence-corrected chi connectivity index (χ2v) is 18.0. The summed E-state index contributed by atoms with van der Waals surface area (Å²) in [4.78, 5) is 82.5. The number of likely N-dealkylation sites (N-methyl/N-ethyl adjacent to an activating group) is 2. The highest BCUT2D eigenvalue weighted by molar-refractivity contribution is 6.25. The zero-order valence-electron chi connectivity index (χ0n) is 36.1. The van der Waals surface area contributed by atoms with Crippen molar-refractivity contribution in [1.82, 2.24) is 9.80 Å². The molecule has 0 spiro atoms. The number of hydrogen-bond acceptors (Lipinski definition) is 16. The van der Waals surface area contributed by atoms with Gasteiger partial charge in [0.25, 0.3) is 11.8 Å². The third-order valence-electron chi connectivity index (χ3n) is 14.0. The molecule has 6 aliphatic carbocycles. The van der Waals surface area contributed by atoms with Crippen molar-refractivity contribution in [3.05, 3.63) is 91.5 Å². The number of primary amides is 2. The van der Waals surface area contributed by atoms with Crippen molar-refractivity contribution in [2.45, 2.75) is 61.8 Å². The second-order valence-electron chi connectivity index (χ2n) is 18.0. The lowest BCUT2D eigenvalue weighted by molar-refractivity contribution is -0.155. The molecule has 0 radical (unpaired) electrons. The van der Waals surface area contributed by atoms with E-state index in [2.05, 4.69) is 23.7 Å². The topological polar surface area (TPSA) is 323 Å². The number of fused-ring (bicyclic) bond motifs is 6. The third-order valence-corrected chi connectivity index (χ3v) is 14.0. The maximum Gasteiger partial charge on any atom is 0.255 e. The van der Waals surface area contributed by atoms with E-state index in [4.69, 9.17) is 11.5 Å². The van der Waals surface area contributed by atoms with E-state index in [1.807, 2.05) is 0 Å². The molecule has 2 aromatic carbocycles. The lowest BCUT2D eigenvalue weighted by Gasteiger charge is -2.50. The van der Waals surface area contributed by atoms with Gasteiger partial charge in [0, 0.05) is 47.0 Å². The molecular weight excluding hydrogens is 857 g/mol. The Bertz CT molecular complexity index is 2720. The lowest BCUT2D eigenvalue weighted by atomic mass is 9.57. The maximum absolute atomic E-state index is 14.1. The van der Waals surface area contributed by atoms with E-state index >= 15 is 0 Å². The van der Waals surface area contributed by atoms with Gasteiger partial charge in [-0.2, -0.15) is 0 Å². The van der Waals surface area contributed by atoms with Crippen LogP contribution in [-0.2, 0) is 41.6 Å².